The van der Waals surface area contributed by atoms with E-state index in [0.29, 0.717) is 34.5 Å². The third kappa shape index (κ3) is 4.23. The second kappa shape index (κ2) is 7.67. The van der Waals surface area contributed by atoms with Crippen molar-refractivity contribution in [2.75, 3.05) is 5.32 Å². The summed E-state index contributed by atoms with van der Waals surface area (Å²) in [5.74, 6) is 1.55. The number of nitrogens with one attached hydrogen (secondary N) is 1. The summed E-state index contributed by atoms with van der Waals surface area (Å²) in [5, 5.41) is 13.0. The van der Waals surface area contributed by atoms with Crippen molar-refractivity contribution >= 4 is 34.9 Å². The molecule has 0 aliphatic heterocycles. The molecule has 1 N–H and O–H groups in total. The van der Waals surface area contributed by atoms with Crippen LogP contribution in [0.1, 0.15) is 38.3 Å². The zero-order valence-corrected chi connectivity index (χ0v) is 17.6. The summed E-state index contributed by atoms with van der Waals surface area (Å²) in [5.41, 5.74) is 2.59. The van der Waals surface area contributed by atoms with Crippen molar-refractivity contribution in [2.24, 2.45) is 10.9 Å². The van der Waals surface area contributed by atoms with Gasteiger partial charge in [0.25, 0.3) is 5.95 Å². The summed E-state index contributed by atoms with van der Waals surface area (Å²) >= 11 is 6.06. The lowest BCUT2D eigenvalue weighted by Crippen LogP contribution is -2.07. The zero-order chi connectivity index (χ0) is 21.4. The molecule has 0 amide bonds. The van der Waals surface area contributed by atoms with Gasteiger partial charge in [-0.05, 0) is 62.8 Å². The van der Waals surface area contributed by atoms with Crippen molar-refractivity contribution in [1.29, 1.82) is 5.26 Å². The highest BCUT2D eigenvalue weighted by Crippen LogP contribution is 2.47. The fraction of sp³-hybridized carbons (Fsp3) is 0.318. The molecule has 2 aliphatic rings. The molecule has 0 aromatic carbocycles. The molecule has 3 aromatic rings. The third-order valence-electron chi connectivity index (χ3n) is 5.48. The number of rotatable bonds is 6. The fourth-order valence-electron chi connectivity index (χ4n) is 3.32. The zero-order valence-electron chi connectivity index (χ0n) is 16.9. The molecule has 0 radical (unpaired) electrons. The van der Waals surface area contributed by atoms with Crippen LogP contribution in [0.25, 0.3) is 11.5 Å². The Bertz CT molecular complexity index is 1220. The molecule has 3 heterocycles. The van der Waals surface area contributed by atoms with E-state index in [-0.39, 0.29) is 0 Å². The van der Waals surface area contributed by atoms with Crippen LogP contribution in [0.3, 0.4) is 0 Å². The summed E-state index contributed by atoms with van der Waals surface area (Å²) in [7, 11) is 0. The number of hydrogen-bond donors (Lipinski definition) is 1. The Morgan fingerprint density at radius 2 is 2.03 bits per heavy atom. The van der Waals surface area contributed by atoms with Gasteiger partial charge >= 0.3 is 0 Å². The monoisotopic (exact) mass is 430 g/mol. The maximum Gasteiger partial charge on any atom is 0.254 e. The fourth-order valence-corrected chi connectivity index (χ4v) is 3.48. The number of nitrogens with zero attached hydrogens (tertiary/aromatic N) is 7. The van der Waals surface area contributed by atoms with Gasteiger partial charge in [-0.25, -0.2) is 9.98 Å². The van der Waals surface area contributed by atoms with Crippen molar-refractivity contribution in [3.63, 3.8) is 0 Å². The molecule has 3 aromatic heterocycles. The molecular formula is C22H19ClN8. The standard InChI is InChI=1S/C22H19ClN8/c1-13(14-5-6-14)26-20-29-19(16-3-2-4-18(23)28-16)30-21(31-20)27-15-7-10-25-17(11-15)22(12-24)8-9-22/h2-4,7,10-11,14H,5-6,8-9H2,1H3,(H,25,27,29,30,31)/b26-13+. The summed E-state index contributed by atoms with van der Waals surface area (Å²) in [4.78, 5) is 26.8. The Balaban J connectivity index is 1.52. The molecule has 0 bridgehead atoms. The first-order chi connectivity index (χ1) is 15.0. The summed E-state index contributed by atoms with van der Waals surface area (Å²) < 4.78 is 0. The molecule has 5 rings (SSSR count). The van der Waals surface area contributed by atoms with Gasteiger partial charge in [0.15, 0.2) is 5.82 Å². The second-order valence-corrected chi connectivity index (χ2v) is 8.29. The molecule has 0 atom stereocenters. The first kappa shape index (κ1) is 19.5. The SMILES string of the molecule is C/C(=N\c1nc(Nc2ccnc(C3(C#N)CC3)c2)nc(-c2cccc(Cl)n2)n1)C1CC1. The Labute approximate surface area is 184 Å². The molecule has 0 spiro atoms. The van der Waals surface area contributed by atoms with E-state index in [1.165, 1.54) is 0 Å². The van der Waals surface area contributed by atoms with Gasteiger partial charge < -0.3 is 5.32 Å². The highest BCUT2D eigenvalue weighted by atomic mass is 35.5. The maximum absolute atomic E-state index is 9.47. The molecule has 0 saturated heterocycles. The average molecular weight is 431 g/mol. The number of aromatic nitrogens is 5. The molecule has 2 fully saturated rings. The summed E-state index contributed by atoms with van der Waals surface area (Å²) in [6, 6.07) is 11.3. The quantitative estimate of drug-likeness (QED) is 0.442. The van der Waals surface area contributed by atoms with Crippen molar-refractivity contribution in [2.45, 2.75) is 38.0 Å². The molecule has 2 aliphatic carbocycles. The Kier molecular flexibility index (Phi) is 4.83. The van der Waals surface area contributed by atoms with E-state index in [1.807, 2.05) is 19.1 Å². The first-order valence-corrected chi connectivity index (χ1v) is 10.5. The Hall–Kier alpha value is -3.44. The highest BCUT2D eigenvalue weighted by Gasteiger charge is 2.46. The number of anilines is 2. The van der Waals surface area contributed by atoms with Crippen molar-refractivity contribution in [3.05, 3.63) is 47.4 Å². The maximum atomic E-state index is 9.47. The van der Waals surface area contributed by atoms with Crippen LogP contribution in [0, 0.1) is 17.2 Å². The van der Waals surface area contributed by atoms with Crippen molar-refractivity contribution in [1.82, 2.24) is 24.9 Å². The predicted octanol–water partition coefficient (Wildman–Crippen LogP) is 4.78. The van der Waals surface area contributed by atoms with Crippen LogP contribution in [-0.2, 0) is 5.41 Å². The second-order valence-electron chi connectivity index (χ2n) is 7.90. The van der Waals surface area contributed by atoms with Crippen molar-refractivity contribution < 1.29 is 0 Å². The number of hydrogen-bond acceptors (Lipinski definition) is 8. The lowest BCUT2D eigenvalue weighted by Gasteiger charge is -2.10. The highest BCUT2D eigenvalue weighted by molar-refractivity contribution is 6.29. The average Bonchev–Trinajstić information content (AvgIpc) is 3.68. The van der Waals surface area contributed by atoms with Gasteiger partial charge in [0, 0.05) is 17.6 Å². The van der Waals surface area contributed by atoms with Gasteiger partial charge in [-0.15, -0.1) is 0 Å². The molecule has 2 saturated carbocycles. The number of nitriles is 1. The smallest absolute Gasteiger partial charge is 0.254 e. The van der Waals surface area contributed by atoms with Crippen LogP contribution in [0.4, 0.5) is 17.6 Å². The lowest BCUT2D eigenvalue weighted by atomic mass is 10.0. The topological polar surface area (TPSA) is 113 Å². The summed E-state index contributed by atoms with van der Waals surface area (Å²) in [6.45, 7) is 2.00. The number of halogens is 1. The molecule has 0 unspecified atom stereocenters. The van der Waals surface area contributed by atoms with E-state index in [2.05, 4.69) is 41.3 Å². The van der Waals surface area contributed by atoms with Crippen LogP contribution in [0.15, 0.2) is 41.5 Å². The lowest BCUT2D eigenvalue weighted by molar-refractivity contribution is 0.855. The first-order valence-electron chi connectivity index (χ1n) is 10.1. The molecule has 31 heavy (non-hydrogen) atoms. The van der Waals surface area contributed by atoms with Gasteiger partial charge in [-0.3, -0.25) is 4.98 Å². The largest absolute Gasteiger partial charge is 0.324 e. The number of pyridine rings is 2. The molecule has 154 valence electrons. The van der Waals surface area contributed by atoms with Gasteiger partial charge in [0.05, 0.1) is 17.2 Å². The Morgan fingerprint density at radius 1 is 1.19 bits per heavy atom. The molecular weight excluding hydrogens is 412 g/mol. The van der Waals surface area contributed by atoms with Crippen LogP contribution in [0.5, 0.6) is 0 Å². The van der Waals surface area contributed by atoms with Crippen LogP contribution >= 0.6 is 11.6 Å². The van der Waals surface area contributed by atoms with E-state index in [0.717, 1.165) is 42.8 Å². The molecule has 9 heteroatoms. The van der Waals surface area contributed by atoms with Gasteiger partial charge in [-0.2, -0.15) is 20.2 Å². The summed E-state index contributed by atoms with van der Waals surface area (Å²) in [6.07, 6.45) is 5.64. The molecule has 8 nitrogen and oxygen atoms in total. The number of aliphatic imine (C=N–C) groups is 1. The van der Waals surface area contributed by atoms with E-state index >= 15 is 0 Å². The van der Waals surface area contributed by atoms with E-state index < -0.39 is 5.41 Å². The third-order valence-corrected chi connectivity index (χ3v) is 5.69. The minimum Gasteiger partial charge on any atom is -0.324 e. The van der Waals surface area contributed by atoms with Crippen LogP contribution in [-0.4, -0.2) is 30.6 Å². The van der Waals surface area contributed by atoms with Crippen LogP contribution < -0.4 is 5.32 Å². The van der Waals surface area contributed by atoms with E-state index in [1.54, 1.807) is 24.4 Å². The minimum absolute atomic E-state index is 0.323. The van der Waals surface area contributed by atoms with Crippen LogP contribution in [0.2, 0.25) is 5.15 Å². The van der Waals surface area contributed by atoms with Crippen molar-refractivity contribution in [3.8, 4) is 17.6 Å². The Morgan fingerprint density at radius 3 is 2.74 bits per heavy atom. The van der Waals surface area contributed by atoms with E-state index in [9.17, 15) is 5.26 Å². The normalized spacial score (nSPS) is 17.1. The minimum atomic E-state index is -0.469. The van der Waals surface area contributed by atoms with Gasteiger partial charge in [0.1, 0.15) is 10.8 Å². The predicted molar refractivity (Wildman–Crippen MR) is 118 cm³/mol. The van der Waals surface area contributed by atoms with Gasteiger partial charge in [-0.1, -0.05) is 17.7 Å². The van der Waals surface area contributed by atoms with E-state index in [4.69, 9.17) is 11.6 Å². The van der Waals surface area contributed by atoms with Gasteiger partial charge in [0.2, 0.25) is 5.95 Å².